The second kappa shape index (κ2) is 8.13. The van der Waals surface area contributed by atoms with Gasteiger partial charge in [-0.15, -0.1) is 0 Å². The maximum absolute atomic E-state index is 11.5. The normalized spacial score (nSPS) is 14.0. The third kappa shape index (κ3) is 4.64. The third-order valence-corrected chi connectivity index (χ3v) is 2.80. The highest BCUT2D eigenvalue weighted by Crippen LogP contribution is 2.21. The van der Waals surface area contributed by atoms with Gasteiger partial charge in [0.2, 0.25) is 0 Å². The van der Waals surface area contributed by atoms with Crippen molar-refractivity contribution < 1.29 is 19.1 Å². The first-order valence-corrected chi connectivity index (χ1v) is 5.74. The van der Waals surface area contributed by atoms with E-state index in [-0.39, 0.29) is 17.9 Å². The van der Waals surface area contributed by atoms with Crippen molar-refractivity contribution in [3.63, 3.8) is 0 Å². The molecule has 0 aliphatic heterocycles. The molecule has 0 heterocycles. The number of unbranched alkanes of at least 4 members (excludes halogenated alkanes) is 2. The van der Waals surface area contributed by atoms with Crippen molar-refractivity contribution in [1.82, 2.24) is 0 Å². The van der Waals surface area contributed by atoms with Crippen LogP contribution in [0.3, 0.4) is 0 Å². The number of esters is 2. The van der Waals surface area contributed by atoms with Crippen molar-refractivity contribution in [3.8, 4) is 0 Å². The monoisotopic (exact) mass is 230 g/mol. The molecule has 0 bridgehead atoms. The highest BCUT2D eigenvalue weighted by Gasteiger charge is 2.31. The molecule has 0 N–H and O–H groups in total. The quantitative estimate of drug-likeness (QED) is 0.497. The van der Waals surface area contributed by atoms with E-state index in [1.807, 2.05) is 0 Å². The first kappa shape index (κ1) is 14.9. The van der Waals surface area contributed by atoms with Gasteiger partial charge in [0.15, 0.2) is 0 Å². The Morgan fingerprint density at radius 3 is 2.06 bits per heavy atom. The fourth-order valence-electron chi connectivity index (χ4n) is 1.69. The van der Waals surface area contributed by atoms with Gasteiger partial charge in [0.1, 0.15) is 0 Å². The van der Waals surface area contributed by atoms with Gasteiger partial charge in [0, 0.05) is 0 Å². The number of carbonyl (C=O) groups excluding carboxylic acids is 2. The van der Waals surface area contributed by atoms with Gasteiger partial charge in [-0.25, -0.2) is 0 Å². The fourth-order valence-corrected chi connectivity index (χ4v) is 1.69. The summed E-state index contributed by atoms with van der Waals surface area (Å²) in [7, 11) is 2.68. The first-order chi connectivity index (χ1) is 7.58. The van der Waals surface area contributed by atoms with E-state index in [9.17, 15) is 9.59 Å². The molecule has 0 aromatic carbocycles. The molecule has 0 saturated carbocycles. The molecule has 0 amide bonds. The van der Waals surface area contributed by atoms with Crippen LogP contribution in [0.4, 0.5) is 0 Å². The average Bonchev–Trinajstić information content (AvgIpc) is 2.32. The maximum atomic E-state index is 11.5. The van der Waals surface area contributed by atoms with Crippen molar-refractivity contribution in [3.05, 3.63) is 0 Å². The van der Waals surface area contributed by atoms with E-state index in [4.69, 9.17) is 4.74 Å². The van der Waals surface area contributed by atoms with Gasteiger partial charge in [-0.3, -0.25) is 9.59 Å². The van der Waals surface area contributed by atoms with Crippen molar-refractivity contribution in [2.75, 3.05) is 14.2 Å². The summed E-state index contributed by atoms with van der Waals surface area (Å²) in [6.45, 7) is 3.80. The smallest absolute Gasteiger partial charge is 0.309 e. The number of methoxy groups -OCH3 is 2. The molecule has 0 spiro atoms. The van der Waals surface area contributed by atoms with Gasteiger partial charge < -0.3 is 9.47 Å². The van der Waals surface area contributed by atoms with E-state index in [0.29, 0.717) is 6.42 Å². The minimum Gasteiger partial charge on any atom is -0.469 e. The van der Waals surface area contributed by atoms with Crippen LogP contribution < -0.4 is 0 Å². The van der Waals surface area contributed by atoms with Gasteiger partial charge in [-0.05, 0) is 6.42 Å². The summed E-state index contributed by atoms with van der Waals surface area (Å²) in [4.78, 5) is 22.9. The second-order valence-corrected chi connectivity index (χ2v) is 3.94. The van der Waals surface area contributed by atoms with Crippen LogP contribution in [0.5, 0.6) is 0 Å². The highest BCUT2D eigenvalue weighted by molar-refractivity contribution is 5.81. The van der Waals surface area contributed by atoms with Crippen LogP contribution in [0.2, 0.25) is 0 Å². The number of hydrogen-bond donors (Lipinski definition) is 0. The van der Waals surface area contributed by atoms with Gasteiger partial charge in [0.25, 0.3) is 0 Å². The van der Waals surface area contributed by atoms with E-state index >= 15 is 0 Å². The molecule has 0 aliphatic carbocycles. The summed E-state index contributed by atoms with van der Waals surface area (Å²) >= 11 is 0. The summed E-state index contributed by atoms with van der Waals surface area (Å²) in [5, 5.41) is 0. The Morgan fingerprint density at radius 2 is 1.62 bits per heavy atom. The number of hydrogen-bond acceptors (Lipinski definition) is 4. The Bertz CT molecular complexity index is 225. The number of rotatable bonds is 7. The number of carbonyl (C=O) groups is 2. The minimum absolute atomic E-state index is 0.325. The van der Waals surface area contributed by atoms with E-state index in [1.54, 1.807) is 6.92 Å². The molecule has 16 heavy (non-hydrogen) atoms. The van der Waals surface area contributed by atoms with Gasteiger partial charge in [0.05, 0.1) is 26.1 Å². The summed E-state index contributed by atoms with van der Waals surface area (Å²) in [6, 6.07) is 0. The predicted molar refractivity (Wildman–Crippen MR) is 60.8 cm³/mol. The van der Waals surface area contributed by atoms with Crippen LogP contribution in [0.25, 0.3) is 0 Å². The van der Waals surface area contributed by atoms with Gasteiger partial charge >= 0.3 is 11.9 Å². The van der Waals surface area contributed by atoms with E-state index in [2.05, 4.69) is 11.7 Å². The zero-order valence-electron chi connectivity index (χ0n) is 10.6. The Morgan fingerprint density at radius 1 is 1.06 bits per heavy atom. The minimum atomic E-state index is -0.436. The Balaban J connectivity index is 4.41. The van der Waals surface area contributed by atoms with Crippen LogP contribution in [0.15, 0.2) is 0 Å². The SMILES string of the molecule is CCCCCC(C(=O)OC)C(C)C(=O)OC. The van der Waals surface area contributed by atoms with Crippen LogP contribution in [0, 0.1) is 11.8 Å². The molecule has 0 aromatic rings. The third-order valence-electron chi connectivity index (χ3n) is 2.80. The fraction of sp³-hybridized carbons (Fsp3) is 0.833. The Hall–Kier alpha value is -1.06. The van der Waals surface area contributed by atoms with Crippen LogP contribution in [-0.4, -0.2) is 26.2 Å². The van der Waals surface area contributed by atoms with Crippen molar-refractivity contribution in [1.29, 1.82) is 0 Å². The second-order valence-electron chi connectivity index (χ2n) is 3.94. The zero-order valence-corrected chi connectivity index (χ0v) is 10.6. The van der Waals surface area contributed by atoms with Gasteiger partial charge in [-0.1, -0.05) is 33.1 Å². The molecule has 0 rings (SSSR count). The lowest BCUT2D eigenvalue weighted by Crippen LogP contribution is -2.29. The lowest BCUT2D eigenvalue weighted by molar-refractivity contribution is -0.157. The standard InChI is InChI=1S/C12H22O4/c1-5-6-7-8-10(12(14)16-4)9(2)11(13)15-3/h9-10H,5-8H2,1-4H3. The van der Waals surface area contributed by atoms with E-state index < -0.39 is 5.92 Å². The summed E-state index contributed by atoms with van der Waals surface area (Å²) in [6.07, 6.45) is 3.75. The molecule has 0 radical (unpaired) electrons. The molecule has 0 saturated heterocycles. The van der Waals surface area contributed by atoms with Crippen LogP contribution in [0.1, 0.15) is 39.5 Å². The largest absolute Gasteiger partial charge is 0.469 e. The highest BCUT2D eigenvalue weighted by atomic mass is 16.5. The zero-order chi connectivity index (χ0) is 12.6. The lowest BCUT2D eigenvalue weighted by atomic mass is 9.89. The van der Waals surface area contributed by atoms with Crippen LogP contribution in [-0.2, 0) is 19.1 Å². The van der Waals surface area contributed by atoms with Crippen molar-refractivity contribution in [2.24, 2.45) is 11.8 Å². The predicted octanol–water partition coefficient (Wildman–Crippen LogP) is 2.17. The first-order valence-electron chi connectivity index (χ1n) is 5.74. The molecule has 0 fully saturated rings. The lowest BCUT2D eigenvalue weighted by Gasteiger charge is -2.19. The van der Waals surface area contributed by atoms with Crippen molar-refractivity contribution >= 4 is 11.9 Å². The molecular weight excluding hydrogens is 208 g/mol. The van der Waals surface area contributed by atoms with Crippen LogP contribution >= 0.6 is 0 Å². The molecule has 4 heteroatoms. The van der Waals surface area contributed by atoms with Gasteiger partial charge in [-0.2, -0.15) is 0 Å². The molecule has 4 nitrogen and oxygen atoms in total. The molecule has 0 aromatic heterocycles. The Kier molecular flexibility index (Phi) is 7.60. The topological polar surface area (TPSA) is 52.6 Å². The molecule has 0 aliphatic rings. The molecule has 2 unspecified atom stereocenters. The average molecular weight is 230 g/mol. The summed E-state index contributed by atoms with van der Waals surface area (Å²) in [5.41, 5.74) is 0. The van der Waals surface area contributed by atoms with E-state index in [1.165, 1.54) is 14.2 Å². The number of ether oxygens (including phenoxy) is 2. The summed E-state index contributed by atoms with van der Waals surface area (Å²) < 4.78 is 9.36. The van der Waals surface area contributed by atoms with Crippen molar-refractivity contribution in [2.45, 2.75) is 39.5 Å². The Labute approximate surface area is 97.3 Å². The molecule has 94 valence electrons. The van der Waals surface area contributed by atoms with E-state index in [0.717, 1.165) is 19.3 Å². The summed E-state index contributed by atoms with van der Waals surface area (Å²) in [5.74, 6) is -1.50. The maximum Gasteiger partial charge on any atom is 0.309 e. The molecule has 2 atom stereocenters. The molecular formula is C12H22O4.